The molecular formula is C50H31N5O. The Balaban J connectivity index is 1.13. The van der Waals surface area contributed by atoms with E-state index in [9.17, 15) is 0 Å². The van der Waals surface area contributed by atoms with Crippen molar-refractivity contribution in [3.05, 3.63) is 188 Å². The monoisotopic (exact) mass is 717 g/mol. The van der Waals surface area contributed by atoms with Crippen molar-refractivity contribution in [2.45, 2.75) is 0 Å². The van der Waals surface area contributed by atoms with Crippen molar-refractivity contribution in [3.63, 3.8) is 0 Å². The van der Waals surface area contributed by atoms with Gasteiger partial charge >= 0.3 is 0 Å². The molecule has 11 aromatic rings. The molecule has 11 rings (SSSR count). The summed E-state index contributed by atoms with van der Waals surface area (Å²) >= 11 is 0. The van der Waals surface area contributed by atoms with Gasteiger partial charge in [0.05, 0.1) is 11.0 Å². The molecular weight excluding hydrogens is 687 g/mol. The van der Waals surface area contributed by atoms with Crippen molar-refractivity contribution in [2.75, 3.05) is 0 Å². The Hall–Kier alpha value is -7.70. The van der Waals surface area contributed by atoms with Crippen molar-refractivity contribution in [3.8, 4) is 62.4 Å². The molecule has 3 aromatic heterocycles. The zero-order valence-corrected chi connectivity index (χ0v) is 30.0. The number of fused-ring (bicyclic) bond motifs is 7. The van der Waals surface area contributed by atoms with Gasteiger partial charge in [0.15, 0.2) is 23.1 Å². The fourth-order valence-electron chi connectivity index (χ4n) is 7.78. The minimum atomic E-state index is 0.588. The minimum Gasteiger partial charge on any atom is -0.434 e. The average molecular weight is 718 g/mol. The number of oxazole rings is 1. The van der Waals surface area contributed by atoms with Crippen molar-refractivity contribution in [1.29, 1.82) is 0 Å². The van der Waals surface area contributed by atoms with Crippen LogP contribution in [-0.4, -0.2) is 24.5 Å². The van der Waals surface area contributed by atoms with E-state index in [1.165, 1.54) is 0 Å². The second kappa shape index (κ2) is 13.0. The van der Waals surface area contributed by atoms with Crippen LogP contribution in [0.3, 0.4) is 0 Å². The summed E-state index contributed by atoms with van der Waals surface area (Å²) in [5.41, 5.74) is 10.5. The van der Waals surface area contributed by atoms with Gasteiger partial charge in [-0.3, -0.25) is 0 Å². The van der Waals surface area contributed by atoms with Crippen molar-refractivity contribution >= 4 is 43.7 Å². The SMILES string of the molecule is c1ccc(-c2ccc(-c3nc(-c4ccccc4)nc(-c4cccc(-n5c6c7ccccc7ccc6c6ccc7nc(-c8ccccc8)oc7c65)c4)n3)cc2)cc1. The summed E-state index contributed by atoms with van der Waals surface area (Å²) < 4.78 is 9.01. The van der Waals surface area contributed by atoms with Crippen LogP contribution in [0.1, 0.15) is 0 Å². The van der Waals surface area contributed by atoms with E-state index in [4.69, 9.17) is 24.4 Å². The smallest absolute Gasteiger partial charge is 0.227 e. The lowest BCUT2D eigenvalue weighted by molar-refractivity contribution is 0.622. The van der Waals surface area contributed by atoms with Gasteiger partial charge < -0.3 is 8.98 Å². The Kier molecular flexibility index (Phi) is 7.38. The molecule has 0 fully saturated rings. The molecule has 6 heteroatoms. The third-order valence-electron chi connectivity index (χ3n) is 10.5. The highest BCUT2D eigenvalue weighted by Gasteiger charge is 2.22. The topological polar surface area (TPSA) is 69.6 Å². The zero-order valence-electron chi connectivity index (χ0n) is 30.0. The Labute approximate surface area is 322 Å². The van der Waals surface area contributed by atoms with Crippen LogP contribution in [0.15, 0.2) is 192 Å². The molecule has 0 bridgehead atoms. The molecule has 0 aliphatic carbocycles. The van der Waals surface area contributed by atoms with Gasteiger partial charge in [-0.25, -0.2) is 19.9 Å². The molecule has 6 nitrogen and oxygen atoms in total. The second-order valence-electron chi connectivity index (χ2n) is 13.9. The summed E-state index contributed by atoms with van der Waals surface area (Å²) in [5.74, 6) is 2.40. The third-order valence-corrected chi connectivity index (χ3v) is 10.5. The van der Waals surface area contributed by atoms with Gasteiger partial charge in [0.2, 0.25) is 5.89 Å². The molecule has 0 atom stereocenters. The predicted octanol–water partition coefficient (Wildman–Crippen LogP) is 12.6. The highest BCUT2D eigenvalue weighted by molar-refractivity contribution is 6.22. The van der Waals surface area contributed by atoms with E-state index in [-0.39, 0.29) is 0 Å². The highest BCUT2D eigenvalue weighted by Crippen LogP contribution is 2.41. The summed E-state index contributed by atoms with van der Waals surface area (Å²) in [4.78, 5) is 20.2. The Morgan fingerprint density at radius 2 is 0.893 bits per heavy atom. The average Bonchev–Trinajstić information content (AvgIpc) is 3.87. The first-order valence-corrected chi connectivity index (χ1v) is 18.6. The number of hydrogen-bond donors (Lipinski definition) is 0. The molecule has 0 saturated carbocycles. The fourth-order valence-corrected chi connectivity index (χ4v) is 7.78. The highest BCUT2D eigenvalue weighted by atomic mass is 16.3. The maximum Gasteiger partial charge on any atom is 0.227 e. The minimum absolute atomic E-state index is 0.588. The van der Waals surface area contributed by atoms with Crippen LogP contribution in [0.25, 0.3) is 106 Å². The molecule has 3 heterocycles. The van der Waals surface area contributed by atoms with Gasteiger partial charge in [-0.1, -0.05) is 152 Å². The maximum atomic E-state index is 6.69. The molecule has 0 aliphatic heterocycles. The van der Waals surface area contributed by atoms with Crippen LogP contribution >= 0.6 is 0 Å². The molecule has 0 radical (unpaired) electrons. The van der Waals surface area contributed by atoms with Crippen molar-refractivity contribution < 1.29 is 4.42 Å². The first kappa shape index (κ1) is 31.8. The lowest BCUT2D eigenvalue weighted by Crippen LogP contribution is -2.01. The number of benzene rings is 8. The zero-order chi connectivity index (χ0) is 37.0. The number of hydrogen-bond acceptors (Lipinski definition) is 5. The van der Waals surface area contributed by atoms with Crippen LogP contribution < -0.4 is 0 Å². The second-order valence-corrected chi connectivity index (χ2v) is 13.9. The van der Waals surface area contributed by atoms with E-state index in [0.29, 0.717) is 23.4 Å². The van der Waals surface area contributed by atoms with E-state index in [0.717, 1.165) is 82.7 Å². The van der Waals surface area contributed by atoms with Crippen molar-refractivity contribution in [2.24, 2.45) is 0 Å². The van der Waals surface area contributed by atoms with Gasteiger partial charge in [-0.2, -0.15) is 0 Å². The third kappa shape index (κ3) is 5.35. The molecule has 262 valence electrons. The van der Waals surface area contributed by atoms with Crippen LogP contribution in [0.5, 0.6) is 0 Å². The molecule has 0 amide bonds. The molecule has 0 saturated heterocycles. The lowest BCUT2D eigenvalue weighted by atomic mass is 10.0. The van der Waals surface area contributed by atoms with E-state index in [2.05, 4.69) is 126 Å². The van der Waals surface area contributed by atoms with Gasteiger partial charge in [0.1, 0.15) is 5.52 Å². The van der Waals surface area contributed by atoms with E-state index >= 15 is 0 Å². The summed E-state index contributed by atoms with van der Waals surface area (Å²) in [6, 6.07) is 64.6. The van der Waals surface area contributed by atoms with E-state index in [1.807, 2.05) is 66.7 Å². The molecule has 0 spiro atoms. The van der Waals surface area contributed by atoms with Crippen LogP contribution in [-0.2, 0) is 0 Å². The standard InChI is InChI=1S/C50H31N5O/c1-4-13-32(14-5-1)33-23-25-36(26-24-33)48-52-47(35-16-6-2-7-17-35)53-49(54-48)38-20-12-21-39(31-38)55-44-40-22-11-10-15-34(40)27-28-41(44)42-29-30-43-46(45(42)55)56-50(51-43)37-18-8-3-9-19-37/h1-31H. The van der Waals surface area contributed by atoms with Gasteiger partial charge in [0.25, 0.3) is 0 Å². The van der Waals surface area contributed by atoms with Gasteiger partial charge in [-0.15, -0.1) is 0 Å². The maximum absolute atomic E-state index is 6.69. The molecule has 8 aromatic carbocycles. The number of rotatable bonds is 6. The molecule has 56 heavy (non-hydrogen) atoms. The van der Waals surface area contributed by atoms with Crippen molar-refractivity contribution in [1.82, 2.24) is 24.5 Å². The molecule has 0 N–H and O–H groups in total. The number of aromatic nitrogens is 5. The van der Waals surface area contributed by atoms with Crippen LogP contribution in [0, 0.1) is 0 Å². The Bertz CT molecular complexity index is 3230. The Morgan fingerprint density at radius 3 is 1.62 bits per heavy atom. The molecule has 0 aliphatic rings. The first-order valence-electron chi connectivity index (χ1n) is 18.6. The summed E-state index contributed by atoms with van der Waals surface area (Å²) in [6.45, 7) is 0. The van der Waals surface area contributed by atoms with Gasteiger partial charge in [-0.05, 0) is 52.9 Å². The van der Waals surface area contributed by atoms with E-state index < -0.39 is 0 Å². The lowest BCUT2D eigenvalue weighted by Gasteiger charge is -2.12. The van der Waals surface area contributed by atoms with Gasteiger partial charge in [0, 0.05) is 44.1 Å². The predicted molar refractivity (Wildman–Crippen MR) is 226 cm³/mol. The number of nitrogens with zero attached hydrogens (tertiary/aromatic N) is 5. The first-order chi connectivity index (χ1) is 27.7. The largest absolute Gasteiger partial charge is 0.434 e. The normalized spacial score (nSPS) is 11.6. The summed E-state index contributed by atoms with van der Waals surface area (Å²) in [5, 5.41) is 4.53. The Morgan fingerprint density at radius 1 is 0.357 bits per heavy atom. The fraction of sp³-hybridized carbons (Fsp3) is 0. The quantitative estimate of drug-likeness (QED) is 0.171. The van der Waals surface area contributed by atoms with Crippen LogP contribution in [0.4, 0.5) is 0 Å². The summed E-state index contributed by atoms with van der Waals surface area (Å²) in [7, 11) is 0. The summed E-state index contributed by atoms with van der Waals surface area (Å²) in [6.07, 6.45) is 0. The van der Waals surface area contributed by atoms with E-state index in [1.54, 1.807) is 0 Å². The molecule has 0 unspecified atom stereocenters. The van der Waals surface area contributed by atoms with Crippen LogP contribution in [0.2, 0.25) is 0 Å².